The van der Waals surface area contributed by atoms with E-state index in [9.17, 15) is 4.39 Å². The van der Waals surface area contributed by atoms with Crippen LogP contribution >= 0.6 is 0 Å². The number of hydrogen-bond acceptors (Lipinski definition) is 5. The molecule has 1 aliphatic rings. The fourth-order valence-electron chi connectivity index (χ4n) is 3.26. The van der Waals surface area contributed by atoms with Crippen LogP contribution in [-0.2, 0) is 4.74 Å². The van der Waals surface area contributed by atoms with Gasteiger partial charge in [-0.1, -0.05) is 13.8 Å². The van der Waals surface area contributed by atoms with E-state index >= 15 is 0 Å². The summed E-state index contributed by atoms with van der Waals surface area (Å²) < 4.78 is 24.6. The van der Waals surface area contributed by atoms with Crippen LogP contribution in [0, 0.1) is 5.82 Å². The molecule has 0 bridgehead atoms. The summed E-state index contributed by atoms with van der Waals surface area (Å²) in [5.74, 6) is 0.471. The molecule has 1 heterocycles. The fraction of sp³-hybridized carbons (Fsp3) is 0.700. The van der Waals surface area contributed by atoms with E-state index in [2.05, 4.69) is 23.6 Å². The second-order valence-corrected chi connectivity index (χ2v) is 6.85. The summed E-state index contributed by atoms with van der Waals surface area (Å²) in [5.41, 5.74) is 6.25. The number of hydrogen-bond donors (Lipinski definition) is 1. The quantitative estimate of drug-likeness (QED) is 0.609. The first kappa shape index (κ1) is 21.1. The highest BCUT2D eigenvalue weighted by atomic mass is 19.1. The van der Waals surface area contributed by atoms with Gasteiger partial charge in [0.25, 0.3) is 0 Å². The summed E-state index contributed by atoms with van der Waals surface area (Å²) in [5, 5.41) is 0. The van der Waals surface area contributed by atoms with Crippen molar-refractivity contribution in [1.29, 1.82) is 0 Å². The van der Waals surface area contributed by atoms with Gasteiger partial charge >= 0.3 is 0 Å². The Bertz CT molecular complexity index is 496. The van der Waals surface area contributed by atoms with Crippen LogP contribution < -0.4 is 10.5 Å². The molecule has 0 saturated carbocycles. The van der Waals surface area contributed by atoms with Crippen LogP contribution in [0.1, 0.15) is 26.7 Å². The van der Waals surface area contributed by atoms with Crippen LogP contribution in [0.2, 0.25) is 0 Å². The predicted octanol–water partition coefficient (Wildman–Crippen LogP) is 2.35. The Kier molecular flexibility index (Phi) is 9.32. The van der Waals surface area contributed by atoms with Crippen molar-refractivity contribution in [2.75, 3.05) is 52.5 Å². The van der Waals surface area contributed by atoms with Crippen LogP contribution in [0.4, 0.5) is 4.39 Å². The molecular formula is C20H34FN3O2. The lowest BCUT2D eigenvalue weighted by molar-refractivity contribution is -0.0204. The van der Waals surface area contributed by atoms with Crippen molar-refractivity contribution in [1.82, 2.24) is 9.80 Å². The molecule has 0 aliphatic carbocycles. The molecule has 0 radical (unpaired) electrons. The van der Waals surface area contributed by atoms with Gasteiger partial charge in [0.15, 0.2) is 0 Å². The Morgan fingerprint density at radius 2 is 1.92 bits per heavy atom. The number of benzene rings is 1. The number of piperidine rings is 1. The Labute approximate surface area is 157 Å². The summed E-state index contributed by atoms with van der Waals surface area (Å²) in [6, 6.07) is 6.28. The van der Waals surface area contributed by atoms with Crippen LogP contribution in [0.3, 0.4) is 0 Å². The minimum Gasteiger partial charge on any atom is -0.494 e. The maximum absolute atomic E-state index is 12.9. The fourth-order valence-corrected chi connectivity index (χ4v) is 3.26. The largest absolute Gasteiger partial charge is 0.494 e. The Morgan fingerprint density at radius 3 is 2.62 bits per heavy atom. The number of likely N-dealkylation sites (tertiary alicyclic amines) is 1. The third-order valence-electron chi connectivity index (χ3n) is 5.03. The molecule has 2 N–H and O–H groups in total. The van der Waals surface area contributed by atoms with E-state index in [0.29, 0.717) is 12.4 Å². The molecule has 2 atom stereocenters. The van der Waals surface area contributed by atoms with Gasteiger partial charge < -0.3 is 25.0 Å². The SMILES string of the molecule is CCN(CC)CCO[C@H]1CN(CCCOc2ccc(F)cc2)CC[C@H]1N. The van der Waals surface area contributed by atoms with Crippen LogP contribution in [-0.4, -0.2) is 74.4 Å². The van der Waals surface area contributed by atoms with E-state index in [4.69, 9.17) is 15.2 Å². The molecule has 1 aromatic rings. The molecule has 0 spiro atoms. The van der Waals surface area contributed by atoms with E-state index in [-0.39, 0.29) is 18.0 Å². The first-order valence-corrected chi connectivity index (χ1v) is 9.82. The maximum Gasteiger partial charge on any atom is 0.123 e. The number of ether oxygens (including phenoxy) is 2. The van der Waals surface area contributed by atoms with Crippen molar-refractivity contribution in [3.8, 4) is 5.75 Å². The minimum atomic E-state index is -0.242. The Morgan fingerprint density at radius 1 is 1.19 bits per heavy atom. The van der Waals surface area contributed by atoms with Gasteiger partial charge in [-0.05, 0) is 56.7 Å². The van der Waals surface area contributed by atoms with Gasteiger partial charge in [0, 0.05) is 25.7 Å². The van der Waals surface area contributed by atoms with E-state index in [0.717, 1.165) is 58.7 Å². The molecule has 6 heteroatoms. The van der Waals surface area contributed by atoms with Gasteiger partial charge in [-0.25, -0.2) is 4.39 Å². The van der Waals surface area contributed by atoms with Gasteiger partial charge in [0.1, 0.15) is 11.6 Å². The van der Waals surface area contributed by atoms with Gasteiger partial charge in [-0.2, -0.15) is 0 Å². The third-order valence-corrected chi connectivity index (χ3v) is 5.03. The number of nitrogens with two attached hydrogens (primary N) is 1. The molecule has 0 unspecified atom stereocenters. The van der Waals surface area contributed by atoms with Gasteiger partial charge in [-0.3, -0.25) is 0 Å². The molecular weight excluding hydrogens is 333 g/mol. The molecule has 0 aromatic heterocycles. The smallest absolute Gasteiger partial charge is 0.123 e. The summed E-state index contributed by atoms with van der Waals surface area (Å²) in [7, 11) is 0. The number of rotatable bonds is 11. The molecule has 1 aromatic carbocycles. The molecule has 5 nitrogen and oxygen atoms in total. The Balaban J connectivity index is 1.64. The molecule has 0 amide bonds. The summed E-state index contributed by atoms with van der Waals surface area (Å²) in [4.78, 5) is 4.76. The van der Waals surface area contributed by atoms with E-state index in [1.807, 2.05) is 0 Å². The lowest BCUT2D eigenvalue weighted by Gasteiger charge is -2.37. The average Bonchev–Trinajstić information content (AvgIpc) is 2.66. The zero-order valence-electron chi connectivity index (χ0n) is 16.2. The number of halogens is 1. The highest BCUT2D eigenvalue weighted by molar-refractivity contribution is 5.21. The molecule has 1 saturated heterocycles. The second-order valence-electron chi connectivity index (χ2n) is 6.85. The van der Waals surface area contributed by atoms with E-state index in [1.54, 1.807) is 12.1 Å². The highest BCUT2D eigenvalue weighted by Gasteiger charge is 2.27. The standard InChI is InChI=1S/C20H34FN3O2/c1-3-23(4-2)13-15-26-20-16-24(12-10-19(20)22)11-5-14-25-18-8-6-17(21)7-9-18/h6-9,19-20H,3-5,10-16,22H2,1-2H3/t19-,20+/m1/s1. The van der Waals surface area contributed by atoms with Crippen molar-refractivity contribution < 1.29 is 13.9 Å². The number of nitrogens with zero attached hydrogens (tertiary/aromatic N) is 2. The summed E-state index contributed by atoms with van der Waals surface area (Å²) in [6.45, 7) is 11.6. The highest BCUT2D eigenvalue weighted by Crippen LogP contribution is 2.14. The maximum atomic E-state index is 12.9. The average molecular weight is 368 g/mol. The molecule has 1 aliphatic heterocycles. The van der Waals surface area contributed by atoms with Crippen molar-refractivity contribution in [2.24, 2.45) is 5.73 Å². The van der Waals surface area contributed by atoms with Crippen LogP contribution in [0.5, 0.6) is 5.75 Å². The van der Waals surface area contributed by atoms with Crippen LogP contribution in [0.15, 0.2) is 24.3 Å². The molecule has 1 fully saturated rings. The summed E-state index contributed by atoms with van der Waals surface area (Å²) >= 11 is 0. The topological polar surface area (TPSA) is 51.0 Å². The van der Waals surface area contributed by atoms with E-state index < -0.39 is 0 Å². The van der Waals surface area contributed by atoms with Crippen molar-refractivity contribution in [3.63, 3.8) is 0 Å². The van der Waals surface area contributed by atoms with Gasteiger partial charge in [0.2, 0.25) is 0 Å². The number of likely N-dealkylation sites (N-methyl/N-ethyl adjacent to an activating group) is 1. The zero-order valence-corrected chi connectivity index (χ0v) is 16.2. The van der Waals surface area contributed by atoms with Crippen molar-refractivity contribution in [2.45, 2.75) is 38.8 Å². The predicted molar refractivity (Wildman–Crippen MR) is 103 cm³/mol. The molecule has 148 valence electrons. The lowest BCUT2D eigenvalue weighted by atomic mass is 10.0. The first-order chi connectivity index (χ1) is 12.6. The monoisotopic (exact) mass is 367 g/mol. The minimum absolute atomic E-state index is 0.109. The normalized spacial score (nSPS) is 21.3. The summed E-state index contributed by atoms with van der Waals surface area (Å²) in [6.07, 6.45) is 2.01. The van der Waals surface area contributed by atoms with Crippen molar-refractivity contribution >= 4 is 0 Å². The first-order valence-electron chi connectivity index (χ1n) is 9.82. The third kappa shape index (κ3) is 7.19. The van der Waals surface area contributed by atoms with Gasteiger partial charge in [-0.15, -0.1) is 0 Å². The van der Waals surface area contributed by atoms with Crippen molar-refractivity contribution in [3.05, 3.63) is 30.1 Å². The Hall–Kier alpha value is -1.21. The lowest BCUT2D eigenvalue weighted by Crippen LogP contribution is -2.52. The second kappa shape index (κ2) is 11.5. The van der Waals surface area contributed by atoms with E-state index in [1.165, 1.54) is 12.1 Å². The van der Waals surface area contributed by atoms with Crippen LogP contribution in [0.25, 0.3) is 0 Å². The zero-order chi connectivity index (χ0) is 18.8. The molecule has 2 rings (SSSR count). The molecule has 26 heavy (non-hydrogen) atoms. The van der Waals surface area contributed by atoms with Gasteiger partial charge in [0.05, 0.1) is 19.3 Å².